The van der Waals surface area contributed by atoms with Gasteiger partial charge >= 0.3 is 6.03 Å². The van der Waals surface area contributed by atoms with Gasteiger partial charge in [-0.3, -0.25) is 0 Å². The maximum atomic E-state index is 12.2. The predicted molar refractivity (Wildman–Crippen MR) is 88.7 cm³/mol. The summed E-state index contributed by atoms with van der Waals surface area (Å²) in [6.45, 7) is 8.63. The fraction of sp³-hybridized carbons (Fsp3) is 0.562. The van der Waals surface area contributed by atoms with Crippen LogP contribution in [-0.4, -0.2) is 46.5 Å². The van der Waals surface area contributed by atoms with Crippen LogP contribution < -0.4 is 5.32 Å². The molecule has 5 heteroatoms. The summed E-state index contributed by atoms with van der Waals surface area (Å²) in [5, 5.41) is 12.7. The summed E-state index contributed by atoms with van der Waals surface area (Å²) in [6, 6.07) is 10.1. The summed E-state index contributed by atoms with van der Waals surface area (Å²) >= 11 is 1.74. The Morgan fingerprint density at radius 2 is 1.86 bits per heavy atom. The second-order valence-electron chi connectivity index (χ2n) is 5.52. The molecule has 0 spiro atoms. The van der Waals surface area contributed by atoms with Gasteiger partial charge in [0.1, 0.15) is 0 Å². The first-order chi connectivity index (χ1) is 9.90. The van der Waals surface area contributed by atoms with Crippen LogP contribution in [-0.2, 0) is 0 Å². The molecule has 0 aliphatic carbocycles. The molecule has 2 N–H and O–H groups in total. The third kappa shape index (κ3) is 6.87. The molecule has 1 aromatic rings. The third-order valence-electron chi connectivity index (χ3n) is 2.97. The van der Waals surface area contributed by atoms with Gasteiger partial charge in [-0.25, -0.2) is 4.79 Å². The lowest BCUT2D eigenvalue weighted by molar-refractivity contribution is 0.119. The van der Waals surface area contributed by atoms with Crippen molar-refractivity contribution in [2.75, 3.05) is 13.1 Å². The highest BCUT2D eigenvalue weighted by Gasteiger charge is 2.19. The first-order valence-corrected chi connectivity index (χ1v) is 8.22. The second kappa shape index (κ2) is 8.95. The molecule has 0 radical (unpaired) electrons. The number of amides is 2. The summed E-state index contributed by atoms with van der Waals surface area (Å²) in [5.74, 6) is 0. The van der Waals surface area contributed by atoms with E-state index in [9.17, 15) is 9.90 Å². The molecule has 1 rings (SSSR count). The Kier molecular flexibility index (Phi) is 7.61. The van der Waals surface area contributed by atoms with E-state index in [2.05, 4.69) is 24.4 Å². The number of nitrogens with one attached hydrogen (secondary N) is 1. The van der Waals surface area contributed by atoms with Gasteiger partial charge in [0.15, 0.2) is 0 Å². The molecule has 0 bridgehead atoms. The summed E-state index contributed by atoms with van der Waals surface area (Å²) in [4.78, 5) is 15.0. The molecule has 0 saturated heterocycles. The van der Waals surface area contributed by atoms with Gasteiger partial charge < -0.3 is 15.3 Å². The first-order valence-electron chi connectivity index (χ1n) is 7.34. The van der Waals surface area contributed by atoms with Crippen molar-refractivity contribution in [1.82, 2.24) is 10.2 Å². The SMILES string of the molecule is CC(O)CN(C(=O)NCC(C)Sc1ccccc1)C(C)C. The van der Waals surface area contributed by atoms with Crippen LogP contribution >= 0.6 is 11.8 Å². The van der Waals surface area contributed by atoms with Crippen molar-refractivity contribution >= 4 is 17.8 Å². The average molecular weight is 310 g/mol. The monoisotopic (exact) mass is 310 g/mol. The molecule has 0 fully saturated rings. The van der Waals surface area contributed by atoms with E-state index in [1.165, 1.54) is 4.90 Å². The Bertz CT molecular complexity index is 424. The molecule has 1 aromatic carbocycles. The minimum absolute atomic E-state index is 0.0664. The van der Waals surface area contributed by atoms with Crippen molar-refractivity contribution in [3.05, 3.63) is 30.3 Å². The van der Waals surface area contributed by atoms with Gasteiger partial charge in [0.05, 0.1) is 6.10 Å². The number of urea groups is 1. The number of hydrogen-bond donors (Lipinski definition) is 2. The van der Waals surface area contributed by atoms with E-state index >= 15 is 0 Å². The Labute approximate surface area is 131 Å². The first kappa shape index (κ1) is 17.9. The molecule has 0 aliphatic heterocycles. The third-order valence-corrected chi connectivity index (χ3v) is 4.08. The average Bonchev–Trinajstić information content (AvgIpc) is 2.43. The number of hydrogen-bond acceptors (Lipinski definition) is 3. The van der Waals surface area contributed by atoms with Crippen LogP contribution in [0.1, 0.15) is 27.7 Å². The van der Waals surface area contributed by atoms with Crippen LogP contribution in [0.3, 0.4) is 0 Å². The standard InChI is InChI=1S/C16H26N2O2S/c1-12(2)18(11-13(3)19)16(20)17-10-14(4)21-15-8-6-5-7-9-15/h5-9,12-14,19H,10-11H2,1-4H3,(H,17,20). The maximum absolute atomic E-state index is 12.2. The molecule has 4 nitrogen and oxygen atoms in total. The molecule has 0 heterocycles. The molecule has 2 unspecified atom stereocenters. The van der Waals surface area contributed by atoms with Crippen molar-refractivity contribution in [3.8, 4) is 0 Å². The zero-order chi connectivity index (χ0) is 15.8. The smallest absolute Gasteiger partial charge is 0.317 e. The zero-order valence-electron chi connectivity index (χ0n) is 13.2. The number of aliphatic hydroxyl groups is 1. The lowest BCUT2D eigenvalue weighted by atomic mass is 10.3. The van der Waals surface area contributed by atoms with Crippen LogP contribution in [0, 0.1) is 0 Å². The minimum atomic E-state index is -0.519. The minimum Gasteiger partial charge on any atom is -0.392 e. The Balaban J connectivity index is 2.43. The Hall–Kier alpha value is -1.20. The molecule has 0 aromatic heterocycles. The molecular formula is C16H26N2O2S. The van der Waals surface area contributed by atoms with Crippen molar-refractivity contribution in [2.45, 2.75) is 50.0 Å². The molecule has 2 amide bonds. The highest BCUT2D eigenvalue weighted by Crippen LogP contribution is 2.21. The number of aliphatic hydroxyl groups excluding tert-OH is 1. The molecule has 0 saturated carbocycles. The van der Waals surface area contributed by atoms with E-state index in [0.717, 1.165) is 0 Å². The van der Waals surface area contributed by atoms with Crippen LogP contribution in [0.2, 0.25) is 0 Å². The largest absolute Gasteiger partial charge is 0.392 e. The quantitative estimate of drug-likeness (QED) is 0.761. The Morgan fingerprint density at radius 3 is 2.38 bits per heavy atom. The lowest BCUT2D eigenvalue weighted by Gasteiger charge is -2.28. The van der Waals surface area contributed by atoms with Gasteiger partial charge in [-0.2, -0.15) is 0 Å². The van der Waals surface area contributed by atoms with E-state index in [4.69, 9.17) is 0 Å². The van der Waals surface area contributed by atoms with Gasteiger partial charge in [-0.05, 0) is 32.9 Å². The van der Waals surface area contributed by atoms with Gasteiger partial charge in [0, 0.05) is 29.3 Å². The second-order valence-corrected chi connectivity index (χ2v) is 7.03. The van der Waals surface area contributed by atoms with E-state index in [-0.39, 0.29) is 17.3 Å². The Morgan fingerprint density at radius 1 is 1.24 bits per heavy atom. The topological polar surface area (TPSA) is 52.6 Å². The van der Waals surface area contributed by atoms with Crippen molar-refractivity contribution in [1.29, 1.82) is 0 Å². The number of thioether (sulfide) groups is 1. The van der Waals surface area contributed by atoms with Gasteiger partial charge in [-0.1, -0.05) is 25.1 Å². The normalized spacial score (nSPS) is 13.8. The lowest BCUT2D eigenvalue weighted by Crippen LogP contribution is -2.48. The summed E-state index contributed by atoms with van der Waals surface area (Å²) in [6.07, 6.45) is -0.519. The van der Waals surface area contributed by atoms with Crippen LogP contribution in [0.15, 0.2) is 35.2 Å². The predicted octanol–water partition coefficient (Wildman–Crippen LogP) is 2.97. The number of carbonyl (C=O) groups excluding carboxylic acids is 1. The van der Waals surface area contributed by atoms with Crippen molar-refractivity contribution in [3.63, 3.8) is 0 Å². The number of carbonyl (C=O) groups is 1. The van der Waals surface area contributed by atoms with E-state index in [1.54, 1.807) is 23.6 Å². The van der Waals surface area contributed by atoms with Gasteiger partial charge in [0.25, 0.3) is 0 Å². The number of nitrogens with zero attached hydrogens (tertiary/aromatic N) is 1. The summed E-state index contributed by atoms with van der Waals surface area (Å²) in [7, 11) is 0. The van der Waals surface area contributed by atoms with Gasteiger partial charge in [-0.15, -0.1) is 11.8 Å². The fourth-order valence-corrected chi connectivity index (χ4v) is 2.86. The van der Waals surface area contributed by atoms with Crippen molar-refractivity contribution < 1.29 is 9.90 Å². The summed E-state index contributed by atoms with van der Waals surface area (Å²) in [5.41, 5.74) is 0. The van der Waals surface area contributed by atoms with Crippen LogP contribution in [0.4, 0.5) is 4.79 Å². The van der Waals surface area contributed by atoms with E-state index < -0.39 is 6.10 Å². The number of benzene rings is 1. The fourth-order valence-electron chi connectivity index (χ4n) is 1.92. The molecule has 118 valence electrons. The molecule has 2 atom stereocenters. The van der Waals surface area contributed by atoms with Crippen LogP contribution in [0.25, 0.3) is 0 Å². The highest BCUT2D eigenvalue weighted by atomic mass is 32.2. The number of rotatable bonds is 7. The van der Waals surface area contributed by atoms with E-state index in [0.29, 0.717) is 13.1 Å². The zero-order valence-corrected chi connectivity index (χ0v) is 14.1. The van der Waals surface area contributed by atoms with Gasteiger partial charge in [0.2, 0.25) is 0 Å². The van der Waals surface area contributed by atoms with Crippen molar-refractivity contribution in [2.24, 2.45) is 0 Å². The maximum Gasteiger partial charge on any atom is 0.317 e. The highest BCUT2D eigenvalue weighted by molar-refractivity contribution is 8.00. The molecular weight excluding hydrogens is 284 g/mol. The molecule has 21 heavy (non-hydrogen) atoms. The van der Waals surface area contributed by atoms with E-state index in [1.807, 2.05) is 32.0 Å². The van der Waals surface area contributed by atoms with Crippen LogP contribution in [0.5, 0.6) is 0 Å². The summed E-state index contributed by atoms with van der Waals surface area (Å²) < 4.78 is 0. The molecule has 0 aliphatic rings.